The van der Waals surface area contributed by atoms with Crippen LogP contribution in [0.4, 0.5) is 8.78 Å². The molecule has 4 heterocycles. The highest BCUT2D eigenvalue weighted by atomic mass is 19.1. The van der Waals surface area contributed by atoms with Crippen molar-refractivity contribution >= 4 is 57.4 Å². The van der Waals surface area contributed by atoms with Crippen molar-refractivity contribution in [2.75, 3.05) is 27.2 Å². The smallest absolute Gasteiger partial charge is 0.302 e. The Bertz CT molecular complexity index is 2240. The molecule has 64 heavy (non-hydrogen) atoms. The Kier molecular flexibility index (Phi) is 15.1. The van der Waals surface area contributed by atoms with E-state index in [1.807, 2.05) is 0 Å². The molecule has 2 aliphatic rings. The average molecular weight is 891 g/mol. The molecule has 0 radical (unpaired) electrons. The molecule has 4 amide bonds. The predicted molar refractivity (Wildman–Crippen MR) is 236 cm³/mol. The van der Waals surface area contributed by atoms with Gasteiger partial charge in [-0.1, -0.05) is 13.8 Å². The molecular formula is C46H60F2N8O8. The van der Waals surface area contributed by atoms with Crippen LogP contribution in [0.2, 0.25) is 0 Å². The molecule has 2 aromatic heterocycles. The Morgan fingerprint density at radius 2 is 1.05 bits per heavy atom. The first-order valence-electron chi connectivity index (χ1n) is 22.0. The fraction of sp³-hybridized carbons (Fsp3) is 0.522. The molecule has 0 saturated carbocycles. The summed E-state index contributed by atoms with van der Waals surface area (Å²) in [5.74, 6) is -3.38. The normalized spacial score (nSPS) is 20.5. The third-order valence-electron chi connectivity index (χ3n) is 12.5. The lowest BCUT2D eigenvalue weighted by Gasteiger charge is -2.30. The zero-order valence-corrected chi connectivity index (χ0v) is 37.7. The van der Waals surface area contributed by atoms with E-state index in [0.717, 1.165) is 0 Å². The van der Waals surface area contributed by atoms with Crippen LogP contribution in [0.3, 0.4) is 0 Å². The van der Waals surface area contributed by atoms with E-state index in [2.05, 4.69) is 31.2 Å². The number of amides is 4. The summed E-state index contributed by atoms with van der Waals surface area (Å²) in [5, 5.41) is 12.8. The largest absolute Gasteiger partial charge is 0.461 e. The van der Waals surface area contributed by atoms with Crippen molar-refractivity contribution in [3.05, 3.63) is 59.2 Å². The van der Waals surface area contributed by atoms with Crippen molar-refractivity contribution in [2.24, 2.45) is 0 Å². The summed E-state index contributed by atoms with van der Waals surface area (Å²) < 4.78 is 41.3. The molecule has 18 heteroatoms. The molecule has 2 saturated heterocycles. The van der Waals surface area contributed by atoms with Gasteiger partial charge in [-0.25, -0.2) is 8.78 Å². The second-order valence-electron chi connectivity index (χ2n) is 16.9. The standard InChI is InChI=1S/C46H60F2N8O8/c1-9-37(53-43(59)23(3)49-7)45(61)55-21-31(63-25(5)57)17-29(55)19-35-33-13-11-27(47)15-39(33)51-41(35)42-36(34-14-12-28(48)16-40(34)52-42)20-30-18-32(64-26(6)58)22-56(30)46(62)38(10-2)54-44(60)24(4)50-8/h11-16,23-24,29-32,37-38,49-52H,9-10,17-22H2,1-8H3,(H,53,59)(H,54,60)/t23-,24-,29-,30-,31-,32?,37?,38?/m0/s1. The van der Waals surface area contributed by atoms with Gasteiger partial charge in [-0.05, 0) is 101 Å². The lowest BCUT2D eigenvalue weighted by atomic mass is 9.94. The van der Waals surface area contributed by atoms with Gasteiger partial charge < -0.3 is 50.5 Å². The van der Waals surface area contributed by atoms with E-state index in [9.17, 15) is 37.5 Å². The highest BCUT2D eigenvalue weighted by Crippen LogP contribution is 2.40. The molecular weight excluding hydrogens is 831 g/mol. The summed E-state index contributed by atoms with van der Waals surface area (Å²) in [6.45, 7) is 9.74. The highest BCUT2D eigenvalue weighted by Gasteiger charge is 2.43. The molecule has 346 valence electrons. The Balaban J connectivity index is 1.44. The van der Waals surface area contributed by atoms with Crippen molar-refractivity contribution < 1.29 is 47.0 Å². The number of carbonyl (C=O) groups excluding carboxylic acids is 6. The number of H-pyrrole nitrogens is 2. The Morgan fingerprint density at radius 1 is 0.672 bits per heavy atom. The van der Waals surface area contributed by atoms with Gasteiger partial charge in [0.05, 0.1) is 36.6 Å². The molecule has 0 spiro atoms. The minimum Gasteiger partial charge on any atom is -0.461 e. The highest BCUT2D eigenvalue weighted by molar-refractivity contribution is 5.97. The number of halogens is 2. The molecule has 4 aromatic rings. The zero-order valence-electron chi connectivity index (χ0n) is 37.7. The molecule has 8 atom stereocenters. The van der Waals surface area contributed by atoms with Crippen LogP contribution in [0.1, 0.15) is 78.4 Å². The number of likely N-dealkylation sites (tertiary alicyclic amines) is 2. The summed E-state index contributed by atoms with van der Waals surface area (Å²) in [6, 6.07) is 4.78. The van der Waals surface area contributed by atoms with Gasteiger partial charge >= 0.3 is 11.9 Å². The van der Waals surface area contributed by atoms with Gasteiger partial charge in [0.15, 0.2) is 0 Å². The Morgan fingerprint density at radius 3 is 1.38 bits per heavy atom. The van der Waals surface area contributed by atoms with Crippen molar-refractivity contribution in [3.63, 3.8) is 0 Å². The lowest BCUT2D eigenvalue weighted by molar-refractivity contribution is -0.147. The fourth-order valence-corrected chi connectivity index (χ4v) is 9.02. The second kappa shape index (κ2) is 20.3. The first-order valence-corrected chi connectivity index (χ1v) is 22.0. The summed E-state index contributed by atoms with van der Waals surface area (Å²) in [5.41, 5.74) is 3.37. The lowest BCUT2D eigenvalue weighted by Crippen LogP contribution is -2.53. The van der Waals surface area contributed by atoms with Crippen LogP contribution in [0.15, 0.2) is 36.4 Å². The SMILES string of the molecule is CCC(NC(=O)[C@H](C)NC)C(=O)N1CC(OC(C)=O)C[C@H]1Cc1c(-c2[nH]c3cc(F)ccc3c2C[C@@H]2C[C@H](OC(C)=O)CN2C(=O)C(CC)NC(=O)[C@H](C)NC)[nH]c2cc(F)ccc12. The van der Waals surface area contributed by atoms with E-state index < -0.39 is 72.0 Å². The summed E-state index contributed by atoms with van der Waals surface area (Å²) >= 11 is 0. The summed E-state index contributed by atoms with van der Waals surface area (Å²) in [7, 11) is 3.29. The summed E-state index contributed by atoms with van der Waals surface area (Å²) in [6.07, 6.45) is 0.292. The van der Waals surface area contributed by atoms with E-state index in [4.69, 9.17) is 9.47 Å². The van der Waals surface area contributed by atoms with Crippen molar-refractivity contribution in [3.8, 4) is 11.4 Å². The van der Waals surface area contributed by atoms with Crippen LogP contribution in [0.25, 0.3) is 33.2 Å². The van der Waals surface area contributed by atoms with Gasteiger partial charge in [0.25, 0.3) is 0 Å². The number of aromatic nitrogens is 2. The number of aromatic amines is 2. The molecule has 6 rings (SSSR count). The average Bonchev–Trinajstić information content (AvgIpc) is 4.03. The molecule has 2 fully saturated rings. The molecule has 0 bridgehead atoms. The van der Waals surface area contributed by atoms with Gasteiger partial charge in [-0.15, -0.1) is 0 Å². The fourth-order valence-electron chi connectivity index (χ4n) is 9.02. The Labute approximate surface area is 370 Å². The van der Waals surface area contributed by atoms with Crippen LogP contribution < -0.4 is 21.3 Å². The maximum absolute atomic E-state index is 15.0. The van der Waals surface area contributed by atoms with Gasteiger partial charge in [0.1, 0.15) is 35.9 Å². The van der Waals surface area contributed by atoms with Gasteiger partial charge in [-0.3, -0.25) is 28.8 Å². The van der Waals surface area contributed by atoms with Crippen molar-refractivity contribution in [2.45, 2.75) is 129 Å². The minimum atomic E-state index is -0.867. The van der Waals surface area contributed by atoms with Crippen LogP contribution >= 0.6 is 0 Å². The first-order chi connectivity index (χ1) is 30.5. The van der Waals surface area contributed by atoms with Crippen LogP contribution in [0.5, 0.6) is 0 Å². The number of ether oxygens (including phenoxy) is 2. The van der Waals surface area contributed by atoms with Crippen LogP contribution in [-0.4, -0.2) is 131 Å². The number of nitrogens with zero attached hydrogens (tertiary/aromatic N) is 2. The zero-order chi connectivity index (χ0) is 46.6. The molecule has 2 aliphatic heterocycles. The molecule has 3 unspecified atom stereocenters. The topological polar surface area (TPSA) is 207 Å². The maximum Gasteiger partial charge on any atom is 0.302 e. The van der Waals surface area contributed by atoms with E-state index in [-0.39, 0.29) is 62.4 Å². The monoisotopic (exact) mass is 890 g/mol. The number of carbonyl (C=O) groups is 6. The number of hydrogen-bond acceptors (Lipinski definition) is 10. The number of benzene rings is 2. The molecule has 0 aliphatic carbocycles. The van der Waals surface area contributed by atoms with Crippen molar-refractivity contribution in [1.29, 1.82) is 0 Å². The minimum absolute atomic E-state index is 0.0857. The third-order valence-corrected chi connectivity index (χ3v) is 12.5. The van der Waals surface area contributed by atoms with Crippen molar-refractivity contribution in [1.82, 2.24) is 41.0 Å². The van der Waals surface area contributed by atoms with Gasteiger partial charge in [0.2, 0.25) is 23.6 Å². The number of rotatable bonds is 17. The number of hydrogen-bond donors (Lipinski definition) is 6. The summed E-state index contributed by atoms with van der Waals surface area (Å²) in [4.78, 5) is 89.2. The quantitative estimate of drug-likeness (QED) is 0.0847. The maximum atomic E-state index is 15.0. The Hall–Kier alpha value is -5.88. The van der Waals surface area contributed by atoms with E-state index >= 15 is 0 Å². The first kappa shape index (κ1) is 47.6. The van der Waals surface area contributed by atoms with Crippen LogP contribution in [0, 0.1) is 11.6 Å². The number of likely N-dealkylation sites (N-methyl/N-ethyl adjacent to an activating group) is 2. The predicted octanol–water partition coefficient (Wildman–Crippen LogP) is 3.75. The number of esters is 2. The molecule has 2 aromatic carbocycles. The molecule has 6 N–H and O–H groups in total. The van der Waals surface area contributed by atoms with E-state index in [0.29, 0.717) is 57.2 Å². The van der Waals surface area contributed by atoms with E-state index in [1.54, 1.807) is 63.7 Å². The van der Waals surface area contributed by atoms with Gasteiger partial charge in [-0.2, -0.15) is 0 Å². The molecule has 16 nitrogen and oxygen atoms in total. The third kappa shape index (κ3) is 10.4. The number of nitrogens with one attached hydrogen (secondary N) is 6. The van der Waals surface area contributed by atoms with Crippen LogP contribution in [-0.2, 0) is 51.1 Å². The number of fused-ring (bicyclic) bond motifs is 2. The second-order valence-corrected chi connectivity index (χ2v) is 16.9. The van der Waals surface area contributed by atoms with E-state index in [1.165, 1.54) is 38.1 Å². The van der Waals surface area contributed by atoms with Gasteiger partial charge in [0, 0.05) is 60.6 Å².